The van der Waals surface area contributed by atoms with Gasteiger partial charge >= 0.3 is 6.09 Å². The number of carbonyl (C=O) groups excluding carboxylic acids is 1. The smallest absolute Gasteiger partial charge is 0.404 e. The van der Waals surface area contributed by atoms with E-state index in [4.69, 9.17) is 11.5 Å². The first-order valence-electron chi connectivity index (χ1n) is 4.88. The van der Waals surface area contributed by atoms with Crippen LogP contribution >= 0.6 is 0 Å². The number of carbonyl (C=O) groups is 1. The van der Waals surface area contributed by atoms with Gasteiger partial charge in [-0.1, -0.05) is 0 Å². The minimum atomic E-state index is -0.713. The van der Waals surface area contributed by atoms with E-state index in [0.717, 1.165) is 25.8 Å². The molecule has 0 aliphatic heterocycles. The molecule has 0 fully saturated rings. The zero-order valence-electron chi connectivity index (χ0n) is 8.56. The fraction of sp³-hybridized carbons (Fsp3) is 0.556. The highest BCUT2D eigenvalue weighted by atomic mass is 16.5. The minimum Gasteiger partial charge on any atom is -0.450 e. The Morgan fingerprint density at radius 3 is 2.87 bits per heavy atom. The third kappa shape index (κ3) is 4.90. The molecule has 0 aromatic carbocycles. The molecule has 15 heavy (non-hydrogen) atoms. The molecular formula is C9H16N4O2. The van der Waals surface area contributed by atoms with E-state index >= 15 is 0 Å². The van der Waals surface area contributed by atoms with E-state index in [-0.39, 0.29) is 0 Å². The molecule has 0 saturated heterocycles. The highest BCUT2D eigenvalue weighted by Gasteiger charge is 1.96. The van der Waals surface area contributed by atoms with Crippen molar-refractivity contribution in [2.24, 2.45) is 5.73 Å². The third-order valence-corrected chi connectivity index (χ3v) is 1.93. The number of nitrogens with two attached hydrogens (primary N) is 2. The van der Waals surface area contributed by atoms with Crippen LogP contribution in [0.15, 0.2) is 12.4 Å². The van der Waals surface area contributed by atoms with Crippen LogP contribution in [0.5, 0.6) is 0 Å². The highest BCUT2D eigenvalue weighted by Crippen LogP contribution is 2.02. The second-order valence-corrected chi connectivity index (χ2v) is 3.26. The van der Waals surface area contributed by atoms with Gasteiger partial charge in [-0.05, 0) is 19.3 Å². The van der Waals surface area contributed by atoms with Crippen molar-refractivity contribution < 1.29 is 9.53 Å². The number of hydrogen-bond acceptors (Lipinski definition) is 4. The molecule has 6 nitrogen and oxygen atoms in total. The van der Waals surface area contributed by atoms with Crippen molar-refractivity contribution in [2.75, 3.05) is 12.3 Å². The van der Waals surface area contributed by atoms with E-state index in [1.807, 2.05) is 0 Å². The molecule has 6 heteroatoms. The normalized spacial score (nSPS) is 10.1. The number of amides is 1. The summed E-state index contributed by atoms with van der Waals surface area (Å²) in [6, 6.07) is 0. The van der Waals surface area contributed by atoms with Crippen LogP contribution in [0.4, 0.5) is 10.5 Å². The van der Waals surface area contributed by atoms with Crippen molar-refractivity contribution in [3.05, 3.63) is 12.4 Å². The van der Waals surface area contributed by atoms with Crippen molar-refractivity contribution in [1.82, 2.24) is 9.78 Å². The van der Waals surface area contributed by atoms with E-state index in [9.17, 15) is 4.79 Å². The lowest BCUT2D eigenvalue weighted by molar-refractivity contribution is 0.154. The predicted molar refractivity (Wildman–Crippen MR) is 56.0 cm³/mol. The van der Waals surface area contributed by atoms with Gasteiger partial charge in [0.05, 0.1) is 18.5 Å². The van der Waals surface area contributed by atoms with Crippen molar-refractivity contribution in [1.29, 1.82) is 0 Å². The van der Waals surface area contributed by atoms with E-state index in [1.54, 1.807) is 17.1 Å². The summed E-state index contributed by atoms with van der Waals surface area (Å²) in [5, 5.41) is 4.05. The molecule has 0 bridgehead atoms. The zero-order valence-corrected chi connectivity index (χ0v) is 8.56. The molecular weight excluding hydrogens is 196 g/mol. The second-order valence-electron chi connectivity index (χ2n) is 3.26. The van der Waals surface area contributed by atoms with E-state index < -0.39 is 6.09 Å². The molecule has 0 atom stereocenters. The van der Waals surface area contributed by atoms with Crippen LogP contribution in [0.1, 0.15) is 19.3 Å². The second kappa shape index (κ2) is 5.90. The summed E-state index contributed by atoms with van der Waals surface area (Å²) in [4.78, 5) is 10.2. The number of primary amides is 1. The SMILES string of the molecule is NC(=O)OCCCCCn1cc(N)cn1. The summed E-state index contributed by atoms with van der Waals surface area (Å²) >= 11 is 0. The Morgan fingerprint density at radius 2 is 2.27 bits per heavy atom. The minimum absolute atomic E-state index is 0.385. The molecule has 0 aliphatic carbocycles. The number of hydrogen-bond donors (Lipinski definition) is 2. The number of nitrogen functional groups attached to an aromatic ring is 1. The Hall–Kier alpha value is -1.72. The largest absolute Gasteiger partial charge is 0.450 e. The maximum atomic E-state index is 10.2. The standard InChI is InChI=1S/C9H16N4O2/c10-8-6-12-13(7-8)4-2-1-3-5-15-9(11)14/h6-7H,1-5,10H2,(H2,11,14). The van der Waals surface area contributed by atoms with Gasteiger partial charge in [0.1, 0.15) is 0 Å². The van der Waals surface area contributed by atoms with Gasteiger partial charge in [-0.2, -0.15) is 5.10 Å². The molecule has 0 radical (unpaired) electrons. The maximum absolute atomic E-state index is 10.2. The Labute approximate surface area is 88.2 Å². The van der Waals surface area contributed by atoms with Gasteiger partial charge in [0, 0.05) is 12.7 Å². The predicted octanol–water partition coefficient (Wildman–Crippen LogP) is 0.731. The van der Waals surface area contributed by atoms with Gasteiger partial charge < -0.3 is 16.2 Å². The average Bonchev–Trinajstić information content (AvgIpc) is 2.57. The van der Waals surface area contributed by atoms with Gasteiger partial charge in [-0.15, -0.1) is 0 Å². The molecule has 84 valence electrons. The van der Waals surface area contributed by atoms with Crippen LogP contribution < -0.4 is 11.5 Å². The summed E-state index contributed by atoms with van der Waals surface area (Å²) < 4.78 is 6.39. The van der Waals surface area contributed by atoms with Crippen LogP contribution in [0.25, 0.3) is 0 Å². The highest BCUT2D eigenvalue weighted by molar-refractivity contribution is 5.64. The van der Waals surface area contributed by atoms with Crippen molar-refractivity contribution in [3.63, 3.8) is 0 Å². The molecule has 0 saturated carbocycles. The summed E-state index contributed by atoms with van der Waals surface area (Å²) in [6.45, 7) is 1.21. The zero-order chi connectivity index (χ0) is 11.1. The Balaban J connectivity index is 2.00. The maximum Gasteiger partial charge on any atom is 0.404 e. The van der Waals surface area contributed by atoms with Gasteiger partial charge in [-0.25, -0.2) is 4.79 Å². The number of rotatable bonds is 6. The van der Waals surface area contributed by atoms with Crippen molar-refractivity contribution >= 4 is 11.8 Å². The number of aryl methyl sites for hydroxylation is 1. The molecule has 1 heterocycles. The van der Waals surface area contributed by atoms with Gasteiger partial charge in [0.25, 0.3) is 0 Å². The number of anilines is 1. The molecule has 1 amide bonds. The van der Waals surface area contributed by atoms with Crippen LogP contribution in [-0.4, -0.2) is 22.5 Å². The monoisotopic (exact) mass is 212 g/mol. The molecule has 1 aromatic heterocycles. The van der Waals surface area contributed by atoms with E-state index in [2.05, 4.69) is 9.84 Å². The number of aromatic nitrogens is 2. The molecule has 0 unspecified atom stereocenters. The quantitative estimate of drug-likeness (QED) is 0.679. The Kier molecular flexibility index (Phi) is 4.46. The van der Waals surface area contributed by atoms with Crippen molar-refractivity contribution in [2.45, 2.75) is 25.8 Å². The number of unbranched alkanes of at least 4 members (excludes halogenated alkanes) is 2. The first-order chi connectivity index (χ1) is 7.18. The average molecular weight is 212 g/mol. The van der Waals surface area contributed by atoms with Gasteiger partial charge in [-0.3, -0.25) is 4.68 Å². The fourth-order valence-corrected chi connectivity index (χ4v) is 1.23. The summed E-state index contributed by atoms with van der Waals surface area (Å²) in [7, 11) is 0. The van der Waals surface area contributed by atoms with Gasteiger partial charge in [0.15, 0.2) is 0 Å². The Bertz CT molecular complexity index is 311. The molecule has 1 rings (SSSR count). The fourth-order valence-electron chi connectivity index (χ4n) is 1.23. The summed E-state index contributed by atoms with van der Waals surface area (Å²) in [5.74, 6) is 0. The molecule has 1 aromatic rings. The lowest BCUT2D eigenvalue weighted by atomic mass is 10.2. The van der Waals surface area contributed by atoms with E-state index in [0.29, 0.717) is 12.3 Å². The van der Waals surface area contributed by atoms with Crippen molar-refractivity contribution in [3.8, 4) is 0 Å². The molecule has 4 N–H and O–H groups in total. The summed E-state index contributed by atoms with van der Waals surface area (Å²) in [6.07, 6.45) is 5.46. The van der Waals surface area contributed by atoms with E-state index in [1.165, 1.54) is 0 Å². The first kappa shape index (κ1) is 11.4. The first-order valence-corrected chi connectivity index (χ1v) is 4.88. The number of ether oxygens (including phenoxy) is 1. The van der Waals surface area contributed by atoms with Crippen LogP contribution in [0.3, 0.4) is 0 Å². The topological polar surface area (TPSA) is 96.2 Å². The Morgan fingerprint density at radius 1 is 1.47 bits per heavy atom. The molecule has 0 spiro atoms. The van der Waals surface area contributed by atoms with Gasteiger partial charge in [0.2, 0.25) is 0 Å². The summed E-state index contributed by atoms with van der Waals surface area (Å²) in [5.41, 5.74) is 11.0. The number of nitrogens with zero attached hydrogens (tertiary/aromatic N) is 2. The lowest BCUT2D eigenvalue weighted by Crippen LogP contribution is -2.13. The third-order valence-electron chi connectivity index (χ3n) is 1.93. The molecule has 0 aliphatic rings. The van der Waals surface area contributed by atoms with Crippen LogP contribution in [0, 0.1) is 0 Å². The lowest BCUT2D eigenvalue weighted by Gasteiger charge is -2.02. The van der Waals surface area contributed by atoms with Crippen LogP contribution in [0.2, 0.25) is 0 Å². The van der Waals surface area contributed by atoms with Crippen LogP contribution in [-0.2, 0) is 11.3 Å².